The zero-order valence-corrected chi connectivity index (χ0v) is 11.8. The van der Waals surface area contributed by atoms with E-state index >= 15 is 0 Å². The molecular weight excluding hydrogens is 277 g/mol. The molecule has 1 aromatic rings. The summed E-state index contributed by atoms with van der Waals surface area (Å²) in [6.45, 7) is 1.95. The number of rotatable bonds is 4. The molecule has 1 aliphatic rings. The number of likely N-dealkylation sites (tertiary alicyclic amines) is 1. The highest BCUT2D eigenvalue weighted by molar-refractivity contribution is 5.86. The monoisotopic (exact) mass is 295 g/mol. The predicted octanol–water partition coefficient (Wildman–Crippen LogP) is 2.06. The van der Waals surface area contributed by atoms with Gasteiger partial charge < -0.3 is 14.7 Å². The molecule has 6 heteroatoms. The van der Waals surface area contributed by atoms with Gasteiger partial charge in [-0.05, 0) is 38.3 Å². The van der Waals surface area contributed by atoms with Gasteiger partial charge in [0.05, 0.1) is 0 Å². The molecule has 0 saturated carbocycles. The Morgan fingerprint density at radius 3 is 2.86 bits per heavy atom. The number of carbonyl (C=O) groups excluding carboxylic acids is 1. The van der Waals surface area contributed by atoms with Crippen molar-refractivity contribution in [3.63, 3.8) is 0 Å². The van der Waals surface area contributed by atoms with Gasteiger partial charge in [-0.3, -0.25) is 4.79 Å². The fraction of sp³-hybridized carbons (Fsp3) is 0.467. The summed E-state index contributed by atoms with van der Waals surface area (Å²) < 4.78 is 18.5. The molecule has 21 heavy (non-hydrogen) atoms. The van der Waals surface area contributed by atoms with Gasteiger partial charge in [0.15, 0.2) is 6.10 Å². The Labute approximate surface area is 122 Å². The SMILES string of the molecule is C[C@@H](Oc1cccc(F)c1)C(=O)N1CCCC[C@H]1C(=O)O. The molecule has 1 heterocycles. The summed E-state index contributed by atoms with van der Waals surface area (Å²) in [6, 6.07) is 4.71. The molecule has 0 spiro atoms. The number of amides is 1. The maximum absolute atomic E-state index is 13.1. The van der Waals surface area contributed by atoms with E-state index in [4.69, 9.17) is 4.74 Å². The van der Waals surface area contributed by atoms with Gasteiger partial charge >= 0.3 is 5.97 Å². The minimum atomic E-state index is -0.999. The smallest absolute Gasteiger partial charge is 0.326 e. The molecule has 1 fully saturated rings. The van der Waals surface area contributed by atoms with Gasteiger partial charge in [0.1, 0.15) is 17.6 Å². The first kappa shape index (κ1) is 15.3. The zero-order chi connectivity index (χ0) is 15.4. The van der Waals surface area contributed by atoms with Crippen LogP contribution in [0.4, 0.5) is 4.39 Å². The van der Waals surface area contributed by atoms with Crippen LogP contribution < -0.4 is 4.74 Å². The predicted molar refractivity (Wildman–Crippen MR) is 73.5 cm³/mol. The van der Waals surface area contributed by atoms with Crippen LogP contribution in [0.2, 0.25) is 0 Å². The van der Waals surface area contributed by atoms with Crippen LogP contribution in [0.25, 0.3) is 0 Å². The molecule has 0 unspecified atom stereocenters. The Morgan fingerprint density at radius 2 is 2.19 bits per heavy atom. The van der Waals surface area contributed by atoms with Crippen molar-refractivity contribution < 1.29 is 23.8 Å². The summed E-state index contributed by atoms with van der Waals surface area (Å²) in [5.74, 6) is -1.58. The first-order chi connectivity index (χ1) is 9.99. The van der Waals surface area contributed by atoms with E-state index in [1.165, 1.54) is 23.1 Å². The van der Waals surface area contributed by atoms with Gasteiger partial charge in [-0.15, -0.1) is 0 Å². The van der Waals surface area contributed by atoms with Crippen molar-refractivity contribution in [3.05, 3.63) is 30.1 Å². The van der Waals surface area contributed by atoms with Crippen molar-refractivity contribution in [2.75, 3.05) is 6.54 Å². The first-order valence-electron chi connectivity index (χ1n) is 6.94. The second-order valence-electron chi connectivity index (χ2n) is 5.10. The summed E-state index contributed by atoms with van der Waals surface area (Å²) in [5, 5.41) is 9.18. The topological polar surface area (TPSA) is 66.8 Å². The number of hydrogen-bond acceptors (Lipinski definition) is 3. The zero-order valence-electron chi connectivity index (χ0n) is 11.8. The number of benzene rings is 1. The van der Waals surface area contributed by atoms with Crippen molar-refractivity contribution in [2.24, 2.45) is 0 Å². The van der Waals surface area contributed by atoms with E-state index in [9.17, 15) is 19.1 Å². The molecule has 1 aromatic carbocycles. The summed E-state index contributed by atoms with van der Waals surface area (Å²) in [4.78, 5) is 24.9. The van der Waals surface area contributed by atoms with E-state index < -0.39 is 23.9 Å². The van der Waals surface area contributed by atoms with Gasteiger partial charge in [-0.2, -0.15) is 0 Å². The number of carbonyl (C=O) groups is 2. The Bertz CT molecular complexity index is 534. The van der Waals surface area contributed by atoms with E-state index in [0.29, 0.717) is 13.0 Å². The quantitative estimate of drug-likeness (QED) is 0.923. The van der Waals surface area contributed by atoms with Crippen LogP contribution in [-0.4, -0.2) is 40.6 Å². The molecule has 0 aromatic heterocycles. The number of nitrogens with zero attached hydrogens (tertiary/aromatic N) is 1. The maximum Gasteiger partial charge on any atom is 0.326 e. The van der Waals surface area contributed by atoms with Crippen LogP contribution >= 0.6 is 0 Å². The van der Waals surface area contributed by atoms with Crippen molar-refractivity contribution in [2.45, 2.75) is 38.3 Å². The third-order valence-corrected chi connectivity index (χ3v) is 3.53. The van der Waals surface area contributed by atoms with Crippen LogP contribution in [0.15, 0.2) is 24.3 Å². The lowest BCUT2D eigenvalue weighted by atomic mass is 10.0. The largest absolute Gasteiger partial charge is 0.481 e. The number of carboxylic acids is 1. The lowest BCUT2D eigenvalue weighted by molar-refractivity contribution is -0.155. The summed E-state index contributed by atoms with van der Waals surface area (Å²) >= 11 is 0. The second kappa shape index (κ2) is 6.56. The van der Waals surface area contributed by atoms with Crippen LogP contribution in [0, 0.1) is 5.82 Å². The molecule has 0 aliphatic carbocycles. The highest BCUT2D eigenvalue weighted by Crippen LogP contribution is 2.20. The Morgan fingerprint density at radius 1 is 1.43 bits per heavy atom. The summed E-state index contributed by atoms with van der Waals surface area (Å²) in [5.41, 5.74) is 0. The number of hydrogen-bond donors (Lipinski definition) is 1. The van der Waals surface area contributed by atoms with Crippen LogP contribution in [0.3, 0.4) is 0 Å². The molecule has 1 saturated heterocycles. The van der Waals surface area contributed by atoms with E-state index in [-0.39, 0.29) is 11.7 Å². The van der Waals surface area contributed by atoms with Crippen molar-refractivity contribution in [1.29, 1.82) is 0 Å². The minimum absolute atomic E-state index is 0.250. The van der Waals surface area contributed by atoms with E-state index in [1.807, 2.05) is 0 Å². The standard InChI is InChI=1S/C15H18FNO4/c1-10(21-12-6-4-5-11(16)9-12)14(18)17-8-3-2-7-13(17)15(19)20/h4-6,9-10,13H,2-3,7-8H2,1H3,(H,19,20)/t10-,13+/m1/s1. The third kappa shape index (κ3) is 3.71. The molecule has 0 bridgehead atoms. The molecule has 0 radical (unpaired) electrons. The number of carboxylic acid groups (broad SMARTS) is 1. The fourth-order valence-electron chi connectivity index (χ4n) is 2.48. The van der Waals surface area contributed by atoms with Crippen molar-refractivity contribution in [1.82, 2.24) is 4.90 Å². The lowest BCUT2D eigenvalue weighted by Crippen LogP contribution is -2.52. The van der Waals surface area contributed by atoms with Crippen LogP contribution in [0.1, 0.15) is 26.2 Å². The van der Waals surface area contributed by atoms with Gasteiger partial charge in [-0.25, -0.2) is 9.18 Å². The first-order valence-corrected chi connectivity index (χ1v) is 6.94. The molecule has 1 amide bonds. The van der Waals surface area contributed by atoms with Crippen LogP contribution in [-0.2, 0) is 9.59 Å². The van der Waals surface area contributed by atoms with E-state index in [0.717, 1.165) is 12.8 Å². The Balaban J connectivity index is 2.05. The van der Waals surface area contributed by atoms with Crippen molar-refractivity contribution in [3.8, 4) is 5.75 Å². The number of piperidine rings is 1. The molecule has 2 atom stereocenters. The second-order valence-corrected chi connectivity index (χ2v) is 5.10. The summed E-state index contributed by atoms with van der Waals surface area (Å²) in [7, 11) is 0. The highest BCUT2D eigenvalue weighted by atomic mass is 19.1. The molecule has 114 valence electrons. The summed E-state index contributed by atoms with van der Waals surface area (Å²) in [6.07, 6.45) is 1.17. The van der Waals surface area contributed by atoms with Gasteiger partial charge in [0.2, 0.25) is 0 Å². The Hall–Kier alpha value is -2.11. The maximum atomic E-state index is 13.1. The third-order valence-electron chi connectivity index (χ3n) is 3.53. The highest BCUT2D eigenvalue weighted by Gasteiger charge is 2.34. The lowest BCUT2D eigenvalue weighted by Gasteiger charge is -2.34. The van der Waals surface area contributed by atoms with Gasteiger partial charge in [-0.1, -0.05) is 6.07 Å². The molecule has 1 N–H and O–H groups in total. The molecular formula is C15H18FNO4. The number of halogens is 1. The normalized spacial score (nSPS) is 19.9. The number of ether oxygens (including phenoxy) is 1. The molecule has 2 rings (SSSR count). The van der Waals surface area contributed by atoms with E-state index in [1.54, 1.807) is 13.0 Å². The van der Waals surface area contributed by atoms with Crippen molar-refractivity contribution >= 4 is 11.9 Å². The Kier molecular flexibility index (Phi) is 4.77. The van der Waals surface area contributed by atoms with Crippen LogP contribution in [0.5, 0.6) is 5.75 Å². The van der Waals surface area contributed by atoms with Gasteiger partial charge in [0.25, 0.3) is 5.91 Å². The fourth-order valence-corrected chi connectivity index (χ4v) is 2.48. The van der Waals surface area contributed by atoms with E-state index in [2.05, 4.69) is 0 Å². The molecule has 5 nitrogen and oxygen atoms in total. The average molecular weight is 295 g/mol. The molecule has 1 aliphatic heterocycles. The number of aliphatic carboxylic acids is 1. The minimum Gasteiger partial charge on any atom is -0.481 e. The average Bonchev–Trinajstić information content (AvgIpc) is 2.46. The van der Waals surface area contributed by atoms with Gasteiger partial charge in [0, 0.05) is 12.6 Å².